The fraction of sp³-hybridized carbons (Fsp3) is 0.100. The van der Waals surface area contributed by atoms with E-state index in [1.165, 1.54) is 16.5 Å². The molecule has 0 N–H and O–H groups in total. The maximum atomic E-state index is 12.0. The van der Waals surface area contributed by atoms with Crippen LogP contribution in [0.2, 0.25) is 0 Å². The Bertz CT molecular complexity index is 558. The molecule has 15 heavy (non-hydrogen) atoms. The Labute approximate surface area is 88.5 Å². The van der Waals surface area contributed by atoms with E-state index in [0.717, 1.165) is 0 Å². The zero-order valence-electron chi connectivity index (χ0n) is 8.24. The highest BCUT2D eigenvalue weighted by atomic mass is 32.2. The van der Waals surface area contributed by atoms with Gasteiger partial charge in [0.1, 0.15) is 17.3 Å². The SMILES string of the molecule is C[n+]1ccn(S(=O)(=O)c2ccccc2)c1. The predicted molar refractivity (Wildman–Crippen MR) is 54.6 cm³/mol. The van der Waals surface area contributed by atoms with Crippen LogP contribution in [0.5, 0.6) is 0 Å². The van der Waals surface area contributed by atoms with Crippen molar-refractivity contribution < 1.29 is 13.0 Å². The third-order valence-corrected chi connectivity index (χ3v) is 3.70. The summed E-state index contributed by atoms with van der Waals surface area (Å²) in [7, 11) is -1.65. The van der Waals surface area contributed by atoms with Crippen LogP contribution in [0, 0.1) is 0 Å². The molecule has 1 aromatic heterocycles. The summed E-state index contributed by atoms with van der Waals surface area (Å²) in [5, 5.41) is 0. The zero-order chi connectivity index (χ0) is 10.9. The fourth-order valence-corrected chi connectivity index (χ4v) is 2.52. The fourth-order valence-electron chi connectivity index (χ4n) is 1.28. The molecule has 0 aliphatic rings. The highest BCUT2D eigenvalue weighted by Gasteiger charge is 2.21. The van der Waals surface area contributed by atoms with Crippen LogP contribution in [-0.4, -0.2) is 12.4 Å². The second-order valence-electron chi connectivity index (χ2n) is 3.23. The third kappa shape index (κ3) is 1.78. The molecule has 2 aromatic rings. The molecule has 5 heteroatoms. The highest BCUT2D eigenvalue weighted by Crippen LogP contribution is 2.11. The van der Waals surface area contributed by atoms with Gasteiger partial charge in [-0.15, -0.1) is 3.97 Å². The molecule has 1 heterocycles. The molecule has 0 radical (unpaired) electrons. The molecule has 0 spiro atoms. The van der Waals surface area contributed by atoms with Crippen LogP contribution in [0.4, 0.5) is 0 Å². The van der Waals surface area contributed by atoms with Gasteiger partial charge in [-0.2, -0.15) is 8.42 Å². The van der Waals surface area contributed by atoms with Crippen molar-refractivity contribution in [2.75, 3.05) is 0 Å². The number of benzene rings is 1. The molecule has 0 aliphatic heterocycles. The van der Waals surface area contributed by atoms with Crippen molar-refractivity contribution in [3.8, 4) is 0 Å². The van der Waals surface area contributed by atoms with E-state index < -0.39 is 10.0 Å². The summed E-state index contributed by atoms with van der Waals surface area (Å²) >= 11 is 0. The minimum Gasteiger partial charge on any atom is -0.239 e. The lowest BCUT2D eigenvalue weighted by Crippen LogP contribution is -2.25. The number of imidazole rings is 1. The Hall–Kier alpha value is -1.62. The van der Waals surface area contributed by atoms with Crippen molar-refractivity contribution in [3.05, 3.63) is 49.1 Å². The third-order valence-electron chi connectivity index (χ3n) is 2.06. The molecule has 0 aliphatic carbocycles. The van der Waals surface area contributed by atoms with Crippen molar-refractivity contribution >= 4 is 10.0 Å². The number of rotatable bonds is 2. The Balaban J connectivity index is 2.54. The van der Waals surface area contributed by atoms with Gasteiger partial charge in [0.25, 0.3) is 6.33 Å². The first kappa shape index (κ1) is 9.92. The summed E-state index contributed by atoms with van der Waals surface area (Å²) in [5.74, 6) is 0. The van der Waals surface area contributed by atoms with E-state index in [0.29, 0.717) is 4.90 Å². The van der Waals surface area contributed by atoms with Gasteiger partial charge < -0.3 is 0 Å². The zero-order valence-corrected chi connectivity index (χ0v) is 9.05. The molecule has 0 bridgehead atoms. The van der Waals surface area contributed by atoms with Crippen LogP contribution in [-0.2, 0) is 17.1 Å². The molecule has 0 saturated heterocycles. The highest BCUT2D eigenvalue weighted by molar-refractivity contribution is 7.90. The van der Waals surface area contributed by atoms with Crippen molar-refractivity contribution in [1.29, 1.82) is 0 Å². The van der Waals surface area contributed by atoms with Gasteiger partial charge in [0.2, 0.25) is 0 Å². The van der Waals surface area contributed by atoms with Crippen molar-refractivity contribution in [1.82, 2.24) is 3.97 Å². The van der Waals surface area contributed by atoms with E-state index in [4.69, 9.17) is 0 Å². The molecular formula is C10H11N2O2S+. The van der Waals surface area contributed by atoms with Crippen LogP contribution in [0.3, 0.4) is 0 Å². The maximum absolute atomic E-state index is 12.0. The quantitative estimate of drug-likeness (QED) is 0.698. The van der Waals surface area contributed by atoms with Gasteiger partial charge in [0.05, 0.1) is 7.05 Å². The maximum Gasteiger partial charge on any atom is 0.335 e. The van der Waals surface area contributed by atoms with E-state index in [9.17, 15) is 8.42 Å². The molecule has 1 aromatic carbocycles. The molecule has 0 amide bonds. The predicted octanol–water partition coefficient (Wildman–Crippen LogP) is 0.550. The Morgan fingerprint density at radius 2 is 1.87 bits per heavy atom. The first-order valence-electron chi connectivity index (χ1n) is 4.44. The number of nitrogens with zero attached hydrogens (tertiary/aromatic N) is 2. The average molecular weight is 223 g/mol. The average Bonchev–Trinajstić information content (AvgIpc) is 2.67. The summed E-state index contributed by atoms with van der Waals surface area (Å²) in [4.78, 5) is 0.293. The topological polar surface area (TPSA) is 43.0 Å². The summed E-state index contributed by atoms with van der Waals surface area (Å²) in [5.41, 5.74) is 0. The molecule has 0 atom stereocenters. The number of aromatic nitrogens is 2. The Morgan fingerprint density at radius 1 is 1.20 bits per heavy atom. The van der Waals surface area contributed by atoms with Gasteiger partial charge in [-0.25, -0.2) is 4.57 Å². The molecule has 78 valence electrons. The Kier molecular flexibility index (Phi) is 2.32. The van der Waals surface area contributed by atoms with E-state index in [1.54, 1.807) is 48.1 Å². The Morgan fingerprint density at radius 3 is 2.40 bits per heavy atom. The van der Waals surface area contributed by atoms with Gasteiger partial charge in [-0.3, -0.25) is 0 Å². The van der Waals surface area contributed by atoms with Gasteiger partial charge >= 0.3 is 10.0 Å². The standard InChI is InChI=1S/C10H11N2O2S/c1-11-7-8-12(9-11)15(13,14)10-5-3-2-4-6-10/h2-9H,1H3/q+1. The van der Waals surface area contributed by atoms with Crippen molar-refractivity contribution in [3.63, 3.8) is 0 Å². The van der Waals surface area contributed by atoms with Crippen LogP contribution >= 0.6 is 0 Å². The van der Waals surface area contributed by atoms with Crippen molar-refractivity contribution in [2.45, 2.75) is 4.90 Å². The molecule has 0 saturated carbocycles. The summed E-state index contributed by atoms with van der Waals surface area (Å²) < 4.78 is 26.9. The van der Waals surface area contributed by atoms with Gasteiger partial charge in [-0.05, 0) is 12.1 Å². The molecule has 2 rings (SSSR count). The molecule has 0 unspecified atom stereocenters. The van der Waals surface area contributed by atoms with E-state index in [1.807, 2.05) is 0 Å². The summed E-state index contributed by atoms with van der Waals surface area (Å²) in [6.45, 7) is 0. The molecule has 4 nitrogen and oxygen atoms in total. The van der Waals surface area contributed by atoms with E-state index >= 15 is 0 Å². The summed E-state index contributed by atoms with van der Waals surface area (Å²) in [6.07, 6.45) is 4.71. The molecular weight excluding hydrogens is 212 g/mol. The second-order valence-corrected chi connectivity index (χ2v) is 5.07. The minimum absolute atomic E-state index is 0.293. The van der Waals surface area contributed by atoms with Gasteiger partial charge in [0, 0.05) is 0 Å². The lowest BCUT2D eigenvalue weighted by molar-refractivity contribution is -0.670. The van der Waals surface area contributed by atoms with E-state index in [-0.39, 0.29) is 0 Å². The number of hydrogen-bond donors (Lipinski definition) is 0. The normalized spacial score (nSPS) is 11.5. The number of hydrogen-bond acceptors (Lipinski definition) is 2. The van der Waals surface area contributed by atoms with Crippen molar-refractivity contribution in [2.24, 2.45) is 7.05 Å². The smallest absolute Gasteiger partial charge is 0.239 e. The van der Waals surface area contributed by atoms with E-state index in [2.05, 4.69) is 0 Å². The van der Waals surface area contributed by atoms with Crippen LogP contribution in [0.1, 0.15) is 0 Å². The largest absolute Gasteiger partial charge is 0.335 e. The van der Waals surface area contributed by atoms with Gasteiger partial charge in [0.15, 0.2) is 0 Å². The van der Waals surface area contributed by atoms with Crippen LogP contribution in [0.25, 0.3) is 0 Å². The second kappa shape index (κ2) is 3.51. The summed E-state index contributed by atoms with van der Waals surface area (Å²) in [6, 6.07) is 8.35. The lowest BCUT2D eigenvalue weighted by atomic mass is 10.4. The van der Waals surface area contributed by atoms with Crippen LogP contribution < -0.4 is 4.57 Å². The van der Waals surface area contributed by atoms with Gasteiger partial charge in [-0.1, -0.05) is 18.2 Å². The van der Waals surface area contributed by atoms with Crippen LogP contribution in [0.15, 0.2) is 53.9 Å². The monoisotopic (exact) mass is 223 g/mol. The lowest BCUT2D eigenvalue weighted by Gasteiger charge is -1.98. The first-order valence-corrected chi connectivity index (χ1v) is 5.88. The number of aryl methyl sites for hydroxylation is 1. The first-order chi connectivity index (χ1) is 7.10. The minimum atomic E-state index is -3.42. The molecule has 0 fully saturated rings.